The van der Waals surface area contributed by atoms with Gasteiger partial charge in [-0.2, -0.15) is 5.10 Å². The molecule has 174 valence electrons. The molecule has 0 unspecified atom stereocenters. The van der Waals surface area contributed by atoms with Crippen LogP contribution in [0.2, 0.25) is 0 Å². The first-order chi connectivity index (χ1) is 15.9. The number of aromatic nitrogens is 2. The number of hydrogen-bond donors (Lipinski definition) is 2. The highest BCUT2D eigenvalue weighted by molar-refractivity contribution is 5.97. The molecule has 7 heteroatoms. The van der Waals surface area contributed by atoms with Gasteiger partial charge in [0, 0.05) is 51.1 Å². The number of rotatable bonds is 7. The summed E-state index contributed by atoms with van der Waals surface area (Å²) in [5, 5.41) is 10.7. The maximum absolute atomic E-state index is 12.7. The van der Waals surface area contributed by atoms with Gasteiger partial charge in [-0.05, 0) is 50.6 Å². The van der Waals surface area contributed by atoms with E-state index in [1.807, 2.05) is 27.8 Å². The lowest BCUT2D eigenvalue weighted by Crippen LogP contribution is -2.45. The molecule has 2 heterocycles. The van der Waals surface area contributed by atoms with Crippen molar-refractivity contribution in [2.45, 2.75) is 33.4 Å². The molecule has 2 N–H and O–H groups in total. The molecule has 7 nitrogen and oxygen atoms in total. The van der Waals surface area contributed by atoms with Crippen LogP contribution in [0.1, 0.15) is 23.9 Å². The Hall–Kier alpha value is -3.32. The Kier molecular flexibility index (Phi) is 6.99. The molecule has 0 bridgehead atoms. The van der Waals surface area contributed by atoms with Gasteiger partial charge in [0.15, 0.2) is 0 Å². The zero-order chi connectivity index (χ0) is 23.4. The van der Waals surface area contributed by atoms with Crippen molar-refractivity contribution in [3.8, 4) is 0 Å². The number of piperazine rings is 1. The molecule has 2 aromatic carbocycles. The lowest BCUT2D eigenvalue weighted by Gasteiger charge is -2.36. The van der Waals surface area contributed by atoms with Gasteiger partial charge in [-0.1, -0.05) is 30.3 Å². The average Bonchev–Trinajstić information content (AvgIpc) is 3.06. The number of benzene rings is 2. The molecule has 0 radical (unpaired) electrons. The monoisotopic (exact) mass is 446 g/mol. The zero-order valence-corrected chi connectivity index (χ0v) is 20.0. The van der Waals surface area contributed by atoms with Crippen LogP contribution in [0.3, 0.4) is 0 Å². The van der Waals surface area contributed by atoms with E-state index in [0.29, 0.717) is 0 Å². The van der Waals surface area contributed by atoms with Crippen molar-refractivity contribution in [2.75, 3.05) is 41.7 Å². The van der Waals surface area contributed by atoms with E-state index in [0.717, 1.165) is 55.5 Å². The van der Waals surface area contributed by atoms with Crippen molar-refractivity contribution in [1.29, 1.82) is 0 Å². The average molecular weight is 447 g/mol. The second-order valence-corrected chi connectivity index (χ2v) is 8.82. The number of carbonyl (C=O) groups is 1. The van der Waals surface area contributed by atoms with Crippen LogP contribution in [-0.2, 0) is 18.4 Å². The number of anilines is 3. The molecule has 0 aliphatic carbocycles. The Morgan fingerprint density at radius 2 is 1.67 bits per heavy atom. The third kappa shape index (κ3) is 5.54. The van der Waals surface area contributed by atoms with E-state index in [2.05, 4.69) is 80.1 Å². The Bertz CT molecular complexity index is 1070. The second kappa shape index (κ2) is 10.1. The van der Waals surface area contributed by atoms with Gasteiger partial charge >= 0.3 is 0 Å². The minimum Gasteiger partial charge on any atom is -0.374 e. The lowest BCUT2D eigenvalue weighted by atomic mass is 10.2. The SMILES string of the molecule is Cc1nn(C)c(C)c1NC(=O)[C@@H](C)Nc1ccc(N2CCN(Cc3ccccc3)CC2)cc1. The van der Waals surface area contributed by atoms with E-state index in [4.69, 9.17) is 0 Å². The van der Waals surface area contributed by atoms with E-state index in [1.165, 1.54) is 11.3 Å². The van der Waals surface area contributed by atoms with Crippen molar-refractivity contribution >= 4 is 23.0 Å². The van der Waals surface area contributed by atoms with Gasteiger partial charge in [-0.15, -0.1) is 0 Å². The van der Waals surface area contributed by atoms with Crippen molar-refractivity contribution in [1.82, 2.24) is 14.7 Å². The van der Waals surface area contributed by atoms with Gasteiger partial charge in [0.2, 0.25) is 5.91 Å². The predicted octanol–water partition coefficient (Wildman–Crippen LogP) is 3.80. The number of nitrogens with one attached hydrogen (secondary N) is 2. The van der Waals surface area contributed by atoms with Gasteiger partial charge in [-0.25, -0.2) is 0 Å². The van der Waals surface area contributed by atoms with E-state index >= 15 is 0 Å². The Morgan fingerprint density at radius 3 is 2.27 bits per heavy atom. The van der Waals surface area contributed by atoms with Crippen LogP contribution in [0, 0.1) is 13.8 Å². The first-order valence-electron chi connectivity index (χ1n) is 11.6. The summed E-state index contributed by atoms with van der Waals surface area (Å²) >= 11 is 0. The van der Waals surface area contributed by atoms with Gasteiger partial charge in [-0.3, -0.25) is 14.4 Å². The summed E-state index contributed by atoms with van der Waals surface area (Å²) in [7, 11) is 1.88. The fourth-order valence-corrected chi connectivity index (χ4v) is 4.28. The molecule has 3 aromatic rings. The molecule has 4 rings (SSSR count). The molecule has 0 saturated carbocycles. The van der Waals surface area contributed by atoms with Gasteiger partial charge in [0.05, 0.1) is 17.1 Å². The van der Waals surface area contributed by atoms with Crippen LogP contribution in [0.15, 0.2) is 54.6 Å². The summed E-state index contributed by atoms with van der Waals surface area (Å²) in [5.41, 5.74) is 6.08. The number of hydrogen-bond acceptors (Lipinski definition) is 5. The van der Waals surface area contributed by atoms with Crippen LogP contribution in [0.4, 0.5) is 17.1 Å². The van der Waals surface area contributed by atoms with Crippen molar-refractivity contribution in [3.05, 3.63) is 71.5 Å². The normalized spacial score (nSPS) is 15.3. The topological polar surface area (TPSA) is 65.4 Å². The molecule has 1 amide bonds. The number of aryl methyl sites for hydroxylation is 2. The lowest BCUT2D eigenvalue weighted by molar-refractivity contribution is -0.116. The molecule has 1 saturated heterocycles. The minimum atomic E-state index is -0.364. The molecule has 1 atom stereocenters. The minimum absolute atomic E-state index is 0.0761. The van der Waals surface area contributed by atoms with Gasteiger partial charge < -0.3 is 15.5 Å². The Labute approximate surface area is 196 Å². The quantitative estimate of drug-likeness (QED) is 0.578. The molecule has 1 aromatic heterocycles. The molecule has 1 fully saturated rings. The predicted molar refractivity (Wildman–Crippen MR) is 135 cm³/mol. The highest BCUT2D eigenvalue weighted by Crippen LogP contribution is 2.22. The van der Waals surface area contributed by atoms with Crippen LogP contribution in [-0.4, -0.2) is 52.8 Å². The summed E-state index contributed by atoms with van der Waals surface area (Å²) in [6, 6.07) is 18.7. The van der Waals surface area contributed by atoms with Gasteiger partial charge in [0.25, 0.3) is 0 Å². The maximum Gasteiger partial charge on any atom is 0.246 e. The molecule has 1 aliphatic rings. The first kappa shape index (κ1) is 22.9. The Morgan fingerprint density at radius 1 is 1.00 bits per heavy atom. The largest absolute Gasteiger partial charge is 0.374 e. The fourth-order valence-electron chi connectivity index (χ4n) is 4.28. The van der Waals surface area contributed by atoms with Gasteiger partial charge in [0.1, 0.15) is 6.04 Å². The number of amides is 1. The Balaban J connectivity index is 1.28. The van der Waals surface area contributed by atoms with Crippen molar-refractivity contribution in [2.24, 2.45) is 7.05 Å². The zero-order valence-electron chi connectivity index (χ0n) is 20.0. The van der Waals surface area contributed by atoms with Crippen LogP contribution >= 0.6 is 0 Å². The smallest absolute Gasteiger partial charge is 0.246 e. The summed E-state index contributed by atoms with van der Waals surface area (Å²) < 4.78 is 1.78. The van der Waals surface area contributed by atoms with Crippen molar-refractivity contribution in [3.63, 3.8) is 0 Å². The van der Waals surface area contributed by atoms with Crippen LogP contribution in [0.25, 0.3) is 0 Å². The van der Waals surface area contributed by atoms with E-state index in [9.17, 15) is 4.79 Å². The standard InChI is InChI=1S/C26H34N6O/c1-19-25(21(3)30(4)29-19)28-26(33)20(2)27-23-10-12-24(13-11-23)32-16-14-31(15-17-32)18-22-8-6-5-7-9-22/h5-13,20,27H,14-18H2,1-4H3,(H,28,33)/t20-/m1/s1. The highest BCUT2D eigenvalue weighted by Gasteiger charge is 2.19. The van der Waals surface area contributed by atoms with E-state index in [1.54, 1.807) is 4.68 Å². The number of carbonyl (C=O) groups excluding carboxylic acids is 1. The molecular weight excluding hydrogens is 412 g/mol. The van der Waals surface area contributed by atoms with Crippen LogP contribution in [0.5, 0.6) is 0 Å². The fraction of sp³-hybridized carbons (Fsp3) is 0.385. The first-order valence-corrected chi connectivity index (χ1v) is 11.6. The highest BCUT2D eigenvalue weighted by atomic mass is 16.2. The van der Waals surface area contributed by atoms with Crippen LogP contribution < -0.4 is 15.5 Å². The number of nitrogens with zero attached hydrogens (tertiary/aromatic N) is 4. The summed E-state index contributed by atoms with van der Waals surface area (Å²) in [6.45, 7) is 10.9. The summed E-state index contributed by atoms with van der Waals surface area (Å²) in [6.07, 6.45) is 0. The third-order valence-corrected chi connectivity index (χ3v) is 6.39. The van der Waals surface area contributed by atoms with E-state index < -0.39 is 0 Å². The molecular formula is C26H34N6O. The summed E-state index contributed by atoms with van der Waals surface area (Å²) in [5.74, 6) is -0.0761. The second-order valence-electron chi connectivity index (χ2n) is 8.82. The van der Waals surface area contributed by atoms with E-state index in [-0.39, 0.29) is 11.9 Å². The summed E-state index contributed by atoms with van der Waals surface area (Å²) in [4.78, 5) is 17.6. The molecule has 1 aliphatic heterocycles. The molecule has 0 spiro atoms. The third-order valence-electron chi connectivity index (χ3n) is 6.39. The maximum atomic E-state index is 12.7. The van der Waals surface area contributed by atoms with Crippen molar-refractivity contribution < 1.29 is 4.79 Å². The molecule has 33 heavy (non-hydrogen) atoms.